The SMILES string of the molecule is CCC(Oc1ccc2ccccc2c1)C(=O)NCCOc1ccc(C)c(Cl)c1. The summed E-state index contributed by atoms with van der Waals surface area (Å²) in [5.74, 6) is 1.22. The lowest BCUT2D eigenvalue weighted by Gasteiger charge is -2.18. The topological polar surface area (TPSA) is 47.6 Å². The van der Waals surface area contributed by atoms with E-state index >= 15 is 0 Å². The van der Waals surface area contributed by atoms with Crippen molar-refractivity contribution in [3.8, 4) is 11.5 Å². The van der Waals surface area contributed by atoms with Crippen molar-refractivity contribution in [3.05, 3.63) is 71.2 Å². The number of amides is 1. The molecule has 0 aliphatic rings. The molecule has 0 aliphatic heterocycles. The minimum absolute atomic E-state index is 0.152. The van der Waals surface area contributed by atoms with E-state index in [9.17, 15) is 4.79 Å². The van der Waals surface area contributed by atoms with E-state index in [0.29, 0.717) is 36.1 Å². The highest BCUT2D eigenvalue weighted by Gasteiger charge is 2.18. The smallest absolute Gasteiger partial charge is 0.261 e. The summed E-state index contributed by atoms with van der Waals surface area (Å²) in [7, 11) is 0. The second-order valence-electron chi connectivity index (χ2n) is 6.57. The third kappa shape index (κ3) is 5.17. The molecule has 0 aromatic heterocycles. The van der Waals surface area contributed by atoms with Gasteiger partial charge in [-0.2, -0.15) is 0 Å². The molecule has 3 aromatic rings. The van der Waals surface area contributed by atoms with Crippen molar-refractivity contribution in [2.45, 2.75) is 26.4 Å². The highest BCUT2D eigenvalue weighted by molar-refractivity contribution is 6.31. The fourth-order valence-electron chi connectivity index (χ4n) is 2.85. The quantitative estimate of drug-likeness (QED) is 0.534. The summed E-state index contributed by atoms with van der Waals surface area (Å²) in [6.07, 6.45) is 0.0302. The average Bonchev–Trinajstić information content (AvgIpc) is 2.71. The molecule has 4 nitrogen and oxygen atoms in total. The lowest BCUT2D eigenvalue weighted by Crippen LogP contribution is -2.39. The molecule has 0 aliphatic carbocycles. The van der Waals surface area contributed by atoms with E-state index < -0.39 is 6.10 Å². The van der Waals surface area contributed by atoms with Crippen molar-refractivity contribution in [2.75, 3.05) is 13.2 Å². The van der Waals surface area contributed by atoms with E-state index in [0.717, 1.165) is 16.3 Å². The molecule has 3 aromatic carbocycles. The molecule has 1 amide bonds. The van der Waals surface area contributed by atoms with Crippen molar-refractivity contribution in [2.24, 2.45) is 0 Å². The Labute approximate surface area is 170 Å². The van der Waals surface area contributed by atoms with Crippen molar-refractivity contribution < 1.29 is 14.3 Å². The highest BCUT2D eigenvalue weighted by Crippen LogP contribution is 2.22. The van der Waals surface area contributed by atoms with E-state index in [1.54, 1.807) is 6.07 Å². The fourth-order valence-corrected chi connectivity index (χ4v) is 3.02. The number of carbonyl (C=O) groups excluding carboxylic acids is 1. The number of aryl methyl sites for hydroxylation is 1. The molecular weight excluding hydrogens is 374 g/mol. The van der Waals surface area contributed by atoms with Gasteiger partial charge >= 0.3 is 0 Å². The number of rotatable bonds is 8. The predicted octanol–water partition coefficient (Wildman–Crippen LogP) is 5.15. The molecular formula is C23H24ClNO3. The molecule has 1 atom stereocenters. The van der Waals surface area contributed by atoms with Gasteiger partial charge in [-0.3, -0.25) is 4.79 Å². The van der Waals surface area contributed by atoms with Crippen LogP contribution in [0.2, 0.25) is 5.02 Å². The molecule has 0 heterocycles. The van der Waals surface area contributed by atoms with E-state index in [2.05, 4.69) is 5.32 Å². The minimum atomic E-state index is -0.546. The molecule has 0 bridgehead atoms. The largest absolute Gasteiger partial charge is 0.492 e. The van der Waals surface area contributed by atoms with Crippen LogP contribution in [0, 0.1) is 6.92 Å². The van der Waals surface area contributed by atoms with Crippen LogP contribution in [0.1, 0.15) is 18.9 Å². The van der Waals surface area contributed by atoms with Crippen molar-refractivity contribution in [1.82, 2.24) is 5.32 Å². The molecule has 0 fully saturated rings. The van der Waals surface area contributed by atoms with Crippen LogP contribution in [0.3, 0.4) is 0 Å². The average molecular weight is 398 g/mol. The molecule has 146 valence electrons. The molecule has 5 heteroatoms. The maximum atomic E-state index is 12.4. The van der Waals surface area contributed by atoms with E-state index in [-0.39, 0.29) is 5.91 Å². The number of carbonyl (C=O) groups is 1. The van der Waals surface area contributed by atoms with Crippen LogP contribution in [0.25, 0.3) is 10.8 Å². The van der Waals surface area contributed by atoms with Crippen molar-refractivity contribution in [3.63, 3.8) is 0 Å². The summed E-state index contributed by atoms with van der Waals surface area (Å²) < 4.78 is 11.5. The number of hydrogen-bond donors (Lipinski definition) is 1. The summed E-state index contributed by atoms with van der Waals surface area (Å²) >= 11 is 6.08. The number of nitrogens with one attached hydrogen (secondary N) is 1. The molecule has 1 N–H and O–H groups in total. The molecule has 0 saturated heterocycles. The summed E-state index contributed by atoms with van der Waals surface area (Å²) in [4.78, 5) is 12.4. The number of ether oxygens (including phenoxy) is 2. The lowest BCUT2D eigenvalue weighted by molar-refractivity contribution is -0.128. The number of benzene rings is 3. The molecule has 0 saturated carbocycles. The summed E-state index contributed by atoms with van der Waals surface area (Å²) in [5.41, 5.74) is 0.999. The van der Waals surface area contributed by atoms with Crippen LogP contribution >= 0.6 is 11.6 Å². The first-order chi connectivity index (χ1) is 13.6. The zero-order chi connectivity index (χ0) is 19.9. The van der Waals surface area contributed by atoms with Gasteiger partial charge in [0.25, 0.3) is 5.91 Å². The van der Waals surface area contributed by atoms with E-state index in [1.807, 2.05) is 68.4 Å². The van der Waals surface area contributed by atoms with Crippen LogP contribution in [-0.4, -0.2) is 25.2 Å². The van der Waals surface area contributed by atoms with Crippen LogP contribution in [0.15, 0.2) is 60.7 Å². The van der Waals surface area contributed by atoms with Crippen LogP contribution in [0.5, 0.6) is 11.5 Å². The van der Waals surface area contributed by atoms with Gasteiger partial charge in [0.2, 0.25) is 0 Å². The maximum absolute atomic E-state index is 12.4. The van der Waals surface area contributed by atoms with Crippen LogP contribution in [-0.2, 0) is 4.79 Å². The normalized spacial score (nSPS) is 11.8. The number of fused-ring (bicyclic) bond motifs is 1. The third-order valence-corrected chi connectivity index (χ3v) is 4.88. The zero-order valence-corrected chi connectivity index (χ0v) is 16.8. The van der Waals surface area contributed by atoms with Gasteiger partial charge in [-0.15, -0.1) is 0 Å². The van der Waals surface area contributed by atoms with Gasteiger partial charge < -0.3 is 14.8 Å². The fraction of sp³-hybridized carbons (Fsp3) is 0.261. The maximum Gasteiger partial charge on any atom is 0.261 e. The minimum Gasteiger partial charge on any atom is -0.492 e. The van der Waals surface area contributed by atoms with Crippen molar-refractivity contribution >= 4 is 28.3 Å². The standard InChI is InChI=1S/C23H24ClNO3/c1-3-22(28-20-11-9-17-6-4-5-7-18(17)14-20)23(26)25-12-13-27-19-10-8-16(2)21(24)15-19/h4-11,14-15,22H,3,12-13H2,1-2H3,(H,25,26). The lowest BCUT2D eigenvalue weighted by atomic mass is 10.1. The van der Waals surface area contributed by atoms with Gasteiger partial charge in [-0.25, -0.2) is 0 Å². The predicted molar refractivity (Wildman–Crippen MR) is 113 cm³/mol. The summed E-state index contributed by atoms with van der Waals surface area (Å²) in [5, 5.41) is 5.75. The third-order valence-electron chi connectivity index (χ3n) is 4.48. The highest BCUT2D eigenvalue weighted by atomic mass is 35.5. The van der Waals surface area contributed by atoms with Crippen LogP contribution < -0.4 is 14.8 Å². The van der Waals surface area contributed by atoms with Gasteiger partial charge in [0.05, 0.1) is 6.54 Å². The second kappa shape index (κ2) is 9.47. The van der Waals surface area contributed by atoms with Gasteiger partial charge in [-0.1, -0.05) is 54.9 Å². The molecule has 0 radical (unpaired) electrons. The first-order valence-electron chi connectivity index (χ1n) is 9.39. The van der Waals surface area contributed by atoms with Gasteiger partial charge in [0, 0.05) is 5.02 Å². The molecule has 0 spiro atoms. The Kier molecular flexibility index (Phi) is 6.77. The van der Waals surface area contributed by atoms with Gasteiger partial charge in [-0.05, 0) is 53.9 Å². The summed E-state index contributed by atoms with van der Waals surface area (Å²) in [6, 6.07) is 19.4. The van der Waals surface area contributed by atoms with Gasteiger partial charge in [0.15, 0.2) is 6.10 Å². The Balaban J connectivity index is 1.50. The molecule has 1 unspecified atom stereocenters. The number of halogens is 1. The Morgan fingerprint density at radius 1 is 1.04 bits per heavy atom. The molecule has 28 heavy (non-hydrogen) atoms. The Bertz CT molecular complexity index is 957. The zero-order valence-electron chi connectivity index (χ0n) is 16.1. The van der Waals surface area contributed by atoms with Crippen molar-refractivity contribution in [1.29, 1.82) is 0 Å². The Hall–Kier alpha value is -2.72. The van der Waals surface area contributed by atoms with E-state index in [1.165, 1.54) is 0 Å². The number of hydrogen-bond acceptors (Lipinski definition) is 3. The Morgan fingerprint density at radius 3 is 2.54 bits per heavy atom. The van der Waals surface area contributed by atoms with Gasteiger partial charge in [0.1, 0.15) is 18.1 Å². The second-order valence-corrected chi connectivity index (χ2v) is 6.98. The first-order valence-corrected chi connectivity index (χ1v) is 9.76. The summed E-state index contributed by atoms with van der Waals surface area (Å²) in [6.45, 7) is 4.61. The molecule has 3 rings (SSSR count). The Morgan fingerprint density at radius 2 is 1.79 bits per heavy atom. The van der Waals surface area contributed by atoms with E-state index in [4.69, 9.17) is 21.1 Å². The van der Waals surface area contributed by atoms with Crippen LogP contribution in [0.4, 0.5) is 0 Å². The first kappa shape index (κ1) is 20.0. The monoisotopic (exact) mass is 397 g/mol.